The van der Waals surface area contributed by atoms with E-state index in [4.69, 9.17) is 15.2 Å². The first-order valence-electron chi connectivity index (χ1n) is 4.02. The summed E-state index contributed by atoms with van der Waals surface area (Å²) >= 11 is 5.10. The second kappa shape index (κ2) is 4.06. The molecule has 2 rings (SSSR count). The Bertz CT molecular complexity index is 296. The molecule has 1 aromatic rings. The van der Waals surface area contributed by atoms with E-state index in [1.165, 1.54) is 0 Å². The van der Waals surface area contributed by atoms with Crippen molar-refractivity contribution in [3.8, 4) is 0 Å². The van der Waals surface area contributed by atoms with E-state index >= 15 is 0 Å². The molecule has 0 aliphatic carbocycles. The lowest BCUT2D eigenvalue weighted by Gasteiger charge is -2.06. The normalized spacial score (nSPS) is 18.3. The highest BCUT2D eigenvalue weighted by Crippen LogP contribution is 2.35. The maximum Gasteiger partial charge on any atom is 0.185 e. The van der Waals surface area contributed by atoms with Crippen LogP contribution in [0.1, 0.15) is 16.7 Å². The molecule has 1 aromatic heterocycles. The van der Waals surface area contributed by atoms with Gasteiger partial charge in [0.15, 0.2) is 6.29 Å². The summed E-state index contributed by atoms with van der Waals surface area (Å²) in [6.07, 6.45) is -0.203. The summed E-state index contributed by atoms with van der Waals surface area (Å²) < 4.78 is 11.8. The van der Waals surface area contributed by atoms with Gasteiger partial charge in [-0.1, -0.05) is 0 Å². The van der Waals surface area contributed by atoms with Gasteiger partial charge in [-0.2, -0.15) is 0 Å². The standard InChI is InChI=1S/C8H10BrNO2S/c9-7-6(3-5(4-10)13-7)8-11-1-2-12-8/h3,8H,1-2,4,10H2. The molecular formula is C8H10BrNO2S. The van der Waals surface area contributed by atoms with Gasteiger partial charge in [0.05, 0.1) is 17.0 Å². The van der Waals surface area contributed by atoms with Gasteiger partial charge in [0.2, 0.25) is 0 Å². The predicted octanol–water partition coefficient (Wildman–Crippen LogP) is 2.01. The number of ether oxygens (including phenoxy) is 2. The zero-order chi connectivity index (χ0) is 9.26. The van der Waals surface area contributed by atoms with Crippen molar-refractivity contribution in [1.82, 2.24) is 0 Å². The van der Waals surface area contributed by atoms with Crippen molar-refractivity contribution in [1.29, 1.82) is 0 Å². The summed E-state index contributed by atoms with van der Waals surface area (Å²) in [7, 11) is 0. The van der Waals surface area contributed by atoms with Crippen molar-refractivity contribution in [2.24, 2.45) is 5.73 Å². The fourth-order valence-electron chi connectivity index (χ4n) is 1.23. The molecule has 5 heteroatoms. The largest absolute Gasteiger partial charge is 0.346 e. The van der Waals surface area contributed by atoms with Crippen LogP contribution in [0.2, 0.25) is 0 Å². The molecule has 0 atom stereocenters. The van der Waals surface area contributed by atoms with Crippen LogP contribution in [0.5, 0.6) is 0 Å². The number of thiophene rings is 1. The fourth-order valence-corrected chi connectivity index (χ4v) is 2.93. The molecule has 0 unspecified atom stereocenters. The molecule has 2 N–H and O–H groups in total. The van der Waals surface area contributed by atoms with Crippen LogP contribution in [-0.2, 0) is 16.0 Å². The van der Waals surface area contributed by atoms with E-state index in [1.807, 2.05) is 6.07 Å². The number of hydrogen-bond donors (Lipinski definition) is 1. The second-order valence-corrected chi connectivity index (χ2v) is 5.17. The molecule has 1 saturated heterocycles. The molecule has 1 aliphatic rings. The molecule has 1 aliphatic heterocycles. The Morgan fingerprint density at radius 1 is 1.54 bits per heavy atom. The van der Waals surface area contributed by atoms with Gasteiger partial charge < -0.3 is 15.2 Å². The van der Waals surface area contributed by atoms with Gasteiger partial charge in [0.1, 0.15) is 0 Å². The smallest absolute Gasteiger partial charge is 0.185 e. The molecule has 0 saturated carbocycles. The summed E-state index contributed by atoms with van der Waals surface area (Å²) in [6.45, 7) is 1.91. The Labute approximate surface area is 89.0 Å². The van der Waals surface area contributed by atoms with E-state index in [0.29, 0.717) is 19.8 Å². The van der Waals surface area contributed by atoms with Gasteiger partial charge in [-0.25, -0.2) is 0 Å². The van der Waals surface area contributed by atoms with Crippen molar-refractivity contribution in [3.63, 3.8) is 0 Å². The lowest BCUT2D eigenvalue weighted by Crippen LogP contribution is -1.97. The first kappa shape index (κ1) is 9.61. The molecule has 0 bridgehead atoms. The van der Waals surface area contributed by atoms with Crippen LogP contribution < -0.4 is 5.73 Å². The zero-order valence-electron chi connectivity index (χ0n) is 6.96. The number of hydrogen-bond acceptors (Lipinski definition) is 4. The summed E-state index contributed by atoms with van der Waals surface area (Å²) in [5, 5.41) is 0. The van der Waals surface area contributed by atoms with Crippen LogP contribution in [0.3, 0.4) is 0 Å². The third kappa shape index (κ3) is 1.94. The maximum atomic E-state index is 5.54. The number of halogens is 1. The average Bonchev–Trinajstić information content (AvgIpc) is 2.72. The van der Waals surface area contributed by atoms with Crippen LogP contribution in [0.4, 0.5) is 0 Å². The molecule has 72 valence electrons. The Morgan fingerprint density at radius 3 is 2.77 bits per heavy atom. The topological polar surface area (TPSA) is 44.5 Å². The lowest BCUT2D eigenvalue weighted by molar-refractivity contribution is -0.0443. The minimum atomic E-state index is -0.203. The van der Waals surface area contributed by atoms with Crippen LogP contribution in [-0.4, -0.2) is 13.2 Å². The number of rotatable bonds is 2. The van der Waals surface area contributed by atoms with Gasteiger partial charge in [-0.05, 0) is 22.0 Å². The quantitative estimate of drug-likeness (QED) is 0.888. The van der Waals surface area contributed by atoms with Crippen LogP contribution in [0, 0.1) is 0 Å². The number of nitrogens with two attached hydrogens (primary N) is 1. The van der Waals surface area contributed by atoms with Crippen molar-refractivity contribution in [2.75, 3.05) is 13.2 Å². The summed E-state index contributed by atoms with van der Waals surface area (Å²) in [6, 6.07) is 2.03. The molecule has 0 radical (unpaired) electrons. The Morgan fingerprint density at radius 2 is 2.23 bits per heavy atom. The zero-order valence-corrected chi connectivity index (χ0v) is 9.36. The average molecular weight is 264 g/mol. The van der Waals surface area contributed by atoms with Gasteiger partial charge in [0.25, 0.3) is 0 Å². The Kier molecular flexibility index (Phi) is 3.00. The first-order valence-corrected chi connectivity index (χ1v) is 5.63. The van der Waals surface area contributed by atoms with E-state index in [-0.39, 0.29) is 6.29 Å². The molecule has 3 nitrogen and oxygen atoms in total. The van der Waals surface area contributed by atoms with Gasteiger partial charge in [-0.15, -0.1) is 11.3 Å². The highest BCUT2D eigenvalue weighted by Gasteiger charge is 2.22. The third-order valence-electron chi connectivity index (χ3n) is 1.84. The lowest BCUT2D eigenvalue weighted by atomic mass is 10.3. The van der Waals surface area contributed by atoms with Crippen molar-refractivity contribution in [3.05, 3.63) is 20.3 Å². The van der Waals surface area contributed by atoms with Crippen molar-refractivity contribution >= 4 is 27.3 Å². The van der Waals surface area contributed by atoms with Crippen molar-refractivity contribution < 1.29 is 9.47 Å². The van der Waals surface area contributed by atoms with Gasteiger partial charge in [-0.3, -0.25) is 0 Å². The Balaban J connectivity index is 2.22. The first-order chi connectivity index (χ1) is 6.31. The summed E-state index contributed by atoms with van der Waals surface area (Å²) in [5.74, 6) is 0. The van der Waals surface area contributed by atoms with Crippen molar-refractivity contribution in [2.45, 2.75) is 12.8 Å². The molecule has 1 fully saturated rings. The third-order valence-corrected chi connectivity index (χ3v) is 3.75. The van der Waals surface area contributed by atoms with E-state index < -0.39 is 0 Å². The molecule has 0 spiro atoms. The van der Waals surface area contributed by atoms with E-state index in [9.17, 15) is 0 Å². The monoisotopic (exact) mass is 263 g/mol. The SMILES string of the molecule is NCc1cc(C2OCCO2)c(Br)s1. The predicted molar refractivity (Wildman–Crippen MR) is 54.6 cm³/mol. The van der Waals surface area contributed by atoms with E-state index in [2.05, 4.69) is 15.9 Å². The van der Waals surface area contributed by atoms with E-state index in [1.54, 1.807) is 11.3 Å². The van der Waals surface area contributed by atoms with Gasteiger partial charge in [0, 0.05) is 17.0 Å². The molecular weight excluding hydrogens is 254 g/mol. The molecule has 13 heavy (non-hydrogen) atoms. The van der Waals surface area contributed by atoms with Crippen LogP contribution in [0.25, 0.3) is 0 Å². The highest BCUT2D eigenvalue weighted by molar-refractivity contribution is 9.11. The van der Waals surface area contributed by atoms with Crippen LogP contribution >= 0.6 is 27.3 Å². The minimum absolute atomic E-state index is 0.203. The molecule has 0 aromatic carbocycles. The minimum Gasteiger partial charge on any atom is -0.346 e. The summed E-state index contributed by atoms with van der Waals surface area (Å²) in [5.41, 5.74) is 6.60. The van der Waals surface area contributed by atoms with Gasteiger partial charge >= 0.3 is 0 Å². The highest BCUT2D eigenvalue weighted by atomic mass is 79.9. The second-order valence-electron chi connectivity index (χ2n) is 2.72. The molecule has 0 amide bonds. The fraction of sp³-hybridized carbons (Fsp3) is 0.500. The Hall–Kier alpha value is 0.0600. The summed E-state index contributed by atoms with van der Waals surface area (Å²) in [4.78, 5) is 1.14. The maximum absolute atomic E-state index is 5.54. The van der Waals surface area contributed by atoms with E-state index in [0.717, 1.165) is 14.2 Å². The molecule has 2 heterocycles. The van der Waals surface area contributed by atoms with Crippen LogP contribution in [0.15, 0.2) is 9.85 Å².